The smallest absolute Gasteiger partial charge is 0.115 e. The SMILES string of the molecule is Brc1csc([C@@H]2CO2)c1. The molecule has 0 amide bonds. The lowest BCUT2D eigenvalue weighted by Gasteiger charge is -1.79. The summed E-state index contributed by atoms with van der Waals surface area (Å²) in [5.74, 6) is 0. The summed E-state index contributed by atoms with van der Waals surface area (Å²) in [5.41, 5.74) is 0. The molecule has 3 heteroatoms. The lowest BCUT2D eigenvalue weighted by molar-refractivity contribution is 0.418. The molecule has 0 saturated carbocycles. The zero-order valence-electron chi connectivity index (χ0n) is 4.63. The molecule has 0 aliphatic carbocycles. The summed E-state index contributed by atoms with van der Waals surface area (Å²) in [6.45, 7) is 0.910. The van der Waals surface area contributed by atoms with Crippen molar-refractivity contribution < 1.29 is 4.74 Å². The van der Waals surface area contributed by atoms with Crippen LogP contribution in [0.25, 0.3) is 0 Å². The van der Waals surface area contributed by atoms with Crippen molar-refractivity contribution in [2.75, 3.05) is 6.61 Å². The van der Waals surface area contributed by atoms with Crippen LogP contribution in [0.1, 0.15) is 11.0 Å². The Labute approximate surface area is 65.8 Å². The predicted octanol–water partition coefficient (Wildman–Crippen LogP) is 2.58. The molecule has 48 valence electrons. The van der Waals surface area contributed by atoms with Gasteiger partial charge in [0.2, 0.25) is 0 Å². The standard InChI is InChI=1S/C6H5BrOS/c7-4-1-6(9-3-4)5-2-8-5/h1,3,5H,2H2/t5-/m0/s1. The Morgan fingerprint density at radius 1 is 1.78 bits per heavy atom. The van der Waals surface area contributed by atoms with Crippen molar-refractivity contribution in [1.29, 1.82) is 0 Å². The average molecular weight is 205 g/mol. The Morgan fingerprint density at radius 2 is 2.56 bits per heavy atom. The van der Waals surface area contributed by atoms with E-state index in [2.05, 4.69) is 27.4 Å². The molecule has 0 spiro atoms. The average Bonchev–Trinajstić information content (AvgIpc) is 2.58. The van der Waals surface area contributed by atoms with Gasteiger partial charge in [-0.05, 0) is 22.0 Å². The maximum Gasteiger partial charge on any atom is 0.115 e. The van der Waals surface area contributed by atoms with E-state index in [0.29, 0.717) is 6.10 Å². The van der Waals surface area contributed by atoms with Gasteiger partial charge in [0, 0.05) is 14.7 Å². The van der Waals surface area contributed by atoms with Crippen LogP contribution < -0.4 is 0 Å². The number of hydrogen-bond donors (Lipinski definition) is 0. The third-order valence-corrected chi connectivity index (χ3v) is 3.02. The van der Waals surface area contributed by atoms with E-state index in [1.54, 1.807) is 11.3 Å². The van der Waals surface area contributed by atoms with E-state index >= 15 is 0 Å². The van der Waals surface area contributed by atoms with Gasteiger partial charge in [-0.2, -0.15) is 0 Å². The van der Waals surface area contributed by atoms with Crippen molar-refractivity contribution in [2.24, 2.45) is 0 Å². The number of thiophene rings is 1. The maximum atomic E-state index is 5.10. The highest BCUT2D eigenvalue weighted by atomic mass is 79.9. The molecule has 0 bridgehead atoms. The molecule has 9 heavy (non-hydrogen) atoms. The summed E-state index contributed by atoms with van der Waals surface area (Å²) >= 11 is 5.13. The first kappa shape index (κ1) is 5.89. The molecular formula is C6H5BrOS. The van der Waals surface area contributed by atoms with Crippen LogP contribution in [0, 0.1) is 0 Å². The van der Waals surface area contributed by atoms with E-state index in [1.165, 1.54) is 4.88 Å². The Bertz CT molecular complexity index is 217. The second-order valence-electron chi connectivity index (χ2n) is 1.99. The first-order chi connectivity index (χ1) is 4.36. The van der Waals surface area contributed by atoms with E-state index < -0.39 is 0 Å². The van der Waals surface area contributed by atoms with Crippen LogP contribution in [-0.2, 0) is 4.74 Å². The summed E-state index contributed by atoms with van der Waals surface area (Å²) < 4.78 is 6.26. The van der Waals surface area contributed by atoms with Gasteiger partial charge in [0.15, 0.2) is 0 Å². The van der Waals surface area contributed by atoms with Crippen LogP contribution in [0.2, 0.25) is 0 Å². The van der Waals surface area contributed by atoms with Crippen molar-refractivity contribution in [3.63, 3.8) is 0 Å². The minimum atomic E-state index is 0.418. The van der Waals surface area contributed by atoms with Crippen molar-refractivity contribution in [3.05, 3.63) is 20.8 Å². The first-order valence-electron chi connectivity index (χ1n) is 2.72. The van der Waals surface area contributed by atoms with Crippen LogP contribution in [0.4, 0.5) is 0 Å². The fraction of sp³-hybridized carbons (Fsp3) is 0.333. The molecule has 1 fully saturated rings. The van der Waals surface area contributed by atoms with Crippen LogP contribution in [0.3, 0.4) is 0 Å². The second kappa shape index (κ2) is 2.08. The Kier molecular flexibility index (Phi) is 1.36. The Hall–Kier alpha value is 0.140. The highest BCUT2D eigenvalue weighted by Crippen LogP contribution is 2.35. The van der Waals surface area contributed by atoms with Gasteiger partial charge in [-0.15, -0.1) is 11.3 Å². The monoisotopic (exact) mass is 204 g/mol. The lowest BCUT2D eigenvalue weighted by atomic mass is 10.4. The van der Waals surface area contributed by atoms with Gasteiger partial charge in [0.1, 0.15) is 6.10 Å². The molecule has 1 saturated heterocycles. The van der Waals surface area contributed by atoms with Gasteiger partial charge in [-0.1, -0.05) is 0 Å². The minimum absolute atomic E-state index is 0.418. The van der Waals surface area contributed by atoms with Gasteiger partial charge in [0.05, 0.1) is 6.61 Å². The number of ether oxygens (including phenoxy) is 1. The number of epoxide rings is 1. The lowest BCUT2D eigenvalue weighted by Crippen LogP contribution is -1.66. The van der Waals surface area contributed by atoms with Crippen molar-refractivity contribution in [3.8, 4) is 0 Å². The van der Waals surface area contributed by atoms with E-state index in [0.717, 1.165) is 11.1 Å². The zero-order valence-corrected chi connectivity index (χ0v) is 7.04. The first-order valence-corrected chi connectivity index (χ1v) is 4.39. The fourth-order valence-corrected chi connectivity index (χ4v) is 2.19. The van der Waals surface area contributed by atoms with E-state index in [9.17, 15) is 0 Å². The van der Waals surface area contributed by atoms with E-state index in [4.69, 9.17) is 4.74 Å². The predicted molar refractivity (Wildman–Crippen MR) is 40.7 cm³/mol. The van der Waals surface area contributed by atoms with Gasteiger partial charge in [0.25, 0.3) is 0 Å². The summed E-state index contributed by atoms with van der Waals surface area (Å²) in [6, 6.07) is 2.11. The summed E-state index contributed by atoms with van der Waals surface area (Å²) in [6.07, 6.45) is 0.418. The molecule has 1 nitrogen and oxygen atoms in total. The summed E-state index contributed by atoms with van der Waals surface area (Å²) in [7, 11) is 0. The summed E-state index contributed by atoms with van der Waals surface area (Å²) in [4.78, 5) is 1.34. The largest absolute Gasteiger partial charge is 0.367 e. The molecule has 0 N–H and O–H groups in total. The zero-order chi connectivity index (χ0) is 6.27. The number of rotatable bonds is 1. The van der Waals surface area contributed by atoms with Crippen LogP contribution in [0.5, 0.6) is 0 Å². The number of halogens is 1. The van der Waals surface area contributed by atoms with Crippen LogP contribution in [-0.4, -0.2) is 6.61 Å². The molecule has 2 rings (SSSR count). The molecule has 0 radical (unpaired) electrons. The van der Waals surface area contributed by atoms with Gasteiger partial charge < -0.3 is 4.74 Å². The molecule has 2 heterocycles. The molecule has 0 aromatic carbocycles. The van der Waals surface area contributed by atoms with Gasteiger partial charge >= 0.3 is 0 Å². The molecule has 1 atom stereocenters. The highest BCUT2D eigenvalue weighted by Gasteiger charge is 2.25. The quantitative estimate of drug-likeness (QED) is 0.642. The van der Waals surface area contributed by atoms with Crippen LogP contribution in [0.15, 0.2) is 15.9 Å². The normalized spacial score (nSPS) is 24.3. The third-order valence-electron chi connectivity index (χ3n) is 1.24. The maximum absolute atomic E-state index is 5.10. The van der Waals surface area contributed by atoms with E-state index in [1.807, 2.05) is 0 Å². The molecular weight excluding hydrogens is 200 g/mol. The van der Waals surface area contributed by atoms with Crippen molar-refractivity contribution >= 4 is 27.3 Å². The molecule has 1 aliphatic rings. The fourth-order valence-electron chi connectivity index (χ4n) is 0.709. The topological polar surface area (TPSA) is 12.5 Å². The number of hydrogen-bond acceptors (Lipinski definition) is 2. The molecule has 1 aliphatic heterocycles. The van der Waals surface area contributed by atoms with E-state index in [-0.39, 0.29) is 0 Å². The summed E-state index contributed by atoms with van der Waals surface area (Å²) in [5, 5.41) is 2.08. The van der Waals surface area contributed by atoms with Gasteiger partial charge in [-0.3, -0.25) is 0 Å². The minimum Gasteiger partial charge on any atom is -0.367 e. The molecule has 1 aromatic heterocycles. The Morgan fingerprint density at radius 3 is 3.00 bits per heavy atom. The van der Waals surface area contributed by atoms with Crippen LogP contribution >= 0.6 is 27.3 Å². The third kappa shape index (κ3) is 1.18. The second-order valence-corrected chi connectivity index (χ2v) is 3.85. The molecule has 0 unspecified atom stereocenters. The molecule has 1 aromatic rings. The highest BCUT2D eigenvalue weighted by molar-refractivity contribution is 9.10. The Balaban J connectivity index is 2.28. The van der Waals surface area contributed by atoms with Gasteiger partial charge in [-0.25, -0.2) is 0 Å². The van der Waals surface area contributed by atoms with Crippen molar-refractivity contribution in [1.82, 2.24) is 0 Å². The van der Waals surface area contributed by atoms with Crippen molar-refractivity contribution in [2.45, 2.75) is 6.10 Å².